The lowest BCUT2D eigenvalue weighted by molar-refractivity contribution is 0.786. The zero-order valence-electron chi connectivity index (χ0n) is 11.5. The normalized spacial score (nSPS) is 12.3. The molecule has 0 fully saturated rings. The van der Waals surface area contributed by atoms with Crippen LogP contribution in [-0.2, 0) is 7.05 Å². The molecule has 0 spiro atoms. The lowest BCUT2D eigenvalue weighted by atomic mass is 10.0. The Morgan fingerprint density at radius 3 is 2.29 bits per heavy atom. The summed E-state index contributed by atoms with van der Waals surface area (Å²) in [6, 6.07) is 18.3. The summed E-state index contributed by atoms with van der Waals surface area (Å²) >= 11 is 7.68. The molecule has 0 bridgehead atoms. The topological polar surface area (TPSA) is 30.7 Å². The molecule has 0 N–H and O–H groups in total. The van der Waals surface area contributed by atoms with Crippen LogP contribution in [0.2, 0.25) is 5.02 Å². The Labute approximate surface area is 133 Å². The van der Waals surface area contributed by atoms with Crippen LogP contribution < -0.4 is 0 Å². The van der Waals surface area contributed by atoms with Crippen molar-refractivity contribution in [3.8, 4) is 0 Å². The van der Waals surface area contributed by atoms with Gasteiger partial charge in [0.2, 0.25) is 0 Å². The van der Waals surface area contributed by atoms with Crippen LogP contribution >= 0.6 is 23.4 Å². The van der Waals surface area contributed by atoms with Crippen LogP contribution in [0.3, 0.4) is 0 Å². The van der Waals surface area contributed by atoms with Crippen molar-refractivity contribution in [3.63, 3.8) is 0 Å². The molecule has 3 nitrogen and oxygen atoms in total. The molecule has 0 aliphatic rings. The van der Waals surface area contributed by atoms with E-state index in [0.717, 1.165) is 10.2 Å². The third kappa shape index (κ3) is 3.28. The predicted octanol–water partition coefficient (Wildman–Crippen LogP) is 4.35. The van der Waals surface area contributed by atoms with Crippen LogP contribution in [-0.4, -0.2) is 14.8 Å². The Morgan fingerprint density at radius 2 is 1.67 bits per heavy atom. The van der Waals surface area contributed by atoms with Gasteiger partial charge in [0.05, 0.1) is 5.25 Å². The Morgan fingerprint density at radius 1 is 1.00 bits per heavy atom. The van der Waals surface area contributed by atoms with Crippen molar-refractivity contribution in [3.05, 3.63) is 77.1 Å². The minimum Gasteiger partial charge on any atom is -0.312 e. The quantitative estimate of drug-likeness (QED) is 0.671. The van der Waals surface area contributed by atoms with Crippen LogP contribution in [0, 0.1) is 0 Å². The highest BCUT2D eigenvalue weighted by Gasteiger charge is 2.18. The molecule has 3 rings (SSSR count). The summed E-state index contributed by atoms with van der Waals surface area (Å²) in [5, 5.41) is 9.91. The molecule has 0 unspecified atom stereocenters. The first-order chi connectivity index (χ1) is 10.2. The number of nitrogens with zero attached hydrogens (tertiary/aromatic N) is 3. The fourth-order valence-corrected chi connectivity index (χ4v) is 3.31. The number of aryl methyl sites for hydroxylation is 1. The molecule has 1 aromatic heterocycles. The van der Waals surface area contributed by atoms with Gasteiger partial charge in [0.1, 0.15) is 6.33 Å². The number of hydrogen-bond acceptors (Lipinski definition) is 3. The summed E-state index contributed by atoms with van der Waals surface area (Å²) in [6.45, 7) is 0. The standard InChI is InChI=1S/C16H14ClN3S/c1-20-11-18-19-16(20)21-15(12-5-3-2-4-6-12)13-7-9-14(17)10-8-13/h2-11,15H,1H3/t15-/m0/s1. The van der Waals surface area contributed by atoms with E-state index in [1.807, 2.05) is 29.8 Å². The summed E-state index contributed by atoms with van der Waals surface area (Å²) < 4.78 is 1.93. The molecule has 106 valence electrons. The predicted molar refractivity (Wildman–Crippen MR) is 86.6 cm³/mol. The molecule has 2 aromatic carbocycles. The second-order valence-electron chi connectivity index (χ2n) is 4.68. The van der Waals surface area contributed by atoms with E-state index in [1.165, 1.54) is 11.1 Å². The van der Waals surface area contributed by atoms with E-state index in [1.54, 1.807) is 18.1 Å². The van der Waals surface area contributed by atoms with Crippen LogP contribution in [0.5, 0.6) is 0 Å². The molecule has 0 amide bonds. The largest absolute Gasteiger partial charge is 0.312 e. The Hall–Kier alpha value is -1.78. The van der Waals surface area contributed by atoms with Crippen LogP contribution in [0.1, 0.15) is 16.4 Å². The Kier molecular flexibility index (Phi) is 4.27. The summed E-state index contributed by atoms with van der Waals surface area (Å²) in [6.07, 6.45) is 1.71. The highest BCUT2D eigenvalue weighted by atomic mass is 35.5. The molecule has 0 saturated heterocycles. The number of thioether (sulfide) groups is 1. The lowest BCUT2D eigenvalue weighted by Gasteiger charge is -2.17. The van der Waals surface area contributed by atoms with E-state index >= 15 is 0 Å². The molecular formula is C16H14ClN3S. The molecule has 3 aromatic rings. The summed E-state index contributed by atoms with van der Waals surface area (Å²) in [4.78, 5) is 0. The molecule has 0 aliphatic carbocycles. The van der Waals surface area contributed by atoms with Crippen molar-refractivity contribution in [2.75, 3.05) is 0 Å². The van der Waals surface area contributed by atoms with Gasteiger partial charge >= 0.3 is 0 Å². The van der Waals surface area contributed by atoms with E-state index in [9.17, 15) is 0 Å². The lowest BCUT2D eigenvalue weighted by Crippen LogP contribution is -1.99. The van der Waals surface area contributed by atoms with E-state index < -0.39 is 0 Å². The Balaban J connectivity index is 1.99. The van der Waals surface area contributed by atoms with Gasteiger partial charge in [-0.3, -0.25) is 0 Å². The summed E-state index contributed by atoms with van der Waals surface area (Å²) in [5.41, 5.74) is 2.42. The summed E-state index contributed by atoms with van der Waals surface area (Å²) in [5.74, 6) is 0. The third-order valence-electron chi connectivity index (χ3n) is 3.17. The number of halogens is 1. The molecule has 1 heterocycles. The van der Waals surface area contributed by atoms with Crippen molar-refractivity contribution >= 4 is 23.4 Å². The van der Waals surface area contributed by atoms with Gasteiger partial charge in [0, 0.05) is 12.1 Å². The highest BCUT2D eigenvalue weighted by molar-refractivity contribution is 7.99. The second kappa shape index (κ2) is 6.33. The Bertz CT molecular complexity index is 710. The molecule has 1 atom stereocenters. The smallest absolute Gasteiger partial charge is 0.191 e. The van der Waals surface area contributed by atoms with Crippen LogP contribution in [0.25, 0.3) is 0 Å². The minimum atomic E-state index is 0.159. The molecule has 21 heavy (non-hydrogen) atoms. The highest BCUT2D eigenvalue weighted by Crippen LogP contribution is 2.39. The molecule has 0 saturated carbocycles. The SMILES string of the molecule is Cn1cnnc1S[C@@H](c1ccccc1)c1ccc(Cl)cc1. The van der Waals surface area contributed by atoms with Gasteiger partial charge in [0.15, 0.2) is 5.16 Å². The minimum absolute atomic E-state index is 0.159. The first-order valence-electron chi connectivity index (χ1n) is 6.55. The van der Waals surface area contributed by atoms with Gasteiger partial charge < -0.3 is 4.57 Å². The second-order valence-corrected chi connectivity index (χ2v) is 6.19. The van der Waals surface area contributed by atoms with Gasteiger partial charge in [-0.2, -0.15) is 0 Å². The maximum absolute atomic E-state index is 6.00. The monoisotopic (exact) mass is 315 g/mol. The maximum Gasteiger partial charge on any atom is 0.191 e. The molecule has 0 radical (unpaired) electrons. The zero-order valence-corrected chi connectivity index (χ0v) is 13.1. The van der Waals surface area contributed by atoms with Crippen molar-refractivity contribution < 1.29 is 0 Å². The van der Waals surface area contributed by atoms with Gasteiger partial charge in [-0.15, -0.1) is 10.2 Å². The number of rotatable bonds is 4. The molecule has 5 heteroatoms. The number of aromatic nitrogens is 3. The van der Waals surface area contributed by atoms with Crippen LogP contribution in [0.4, 0.5) is 0 Å². The van der Waals surface area contributed by atoms with Crippen molar-refractivity contribution in [1.82, 2.24) is 14.8 Å². The summed E-state index contributed by atoms with van der Waals surface area (Å²) in [7, 11) is 1.95. The fourth-order valence-electron chi connectivity index (χ4n) is 2.08. The zero-order chi connectivity index (χ0) is 14.7. The van der Waals surface area contributed by atoms with E-state index in [0.29, 0.717) is 0 Å². The van der Waals surface area contributed by atoms with Gasteiger partial charge in [-0.05, 0) is 23.3 Å². The first kappa shape index (κ1) is 14.2. The molecular weight excluding hydrogens is 302 g/mol. The van der Waals surface area contributed by atoms with E-state index in [2.05, 4.69) is 46.6 Å². The van der Waals surface area contributed by atoms with Crippen molar-refractivity contribution in [1.29, 1.82) is 0 Å². The van der Waals surface area contributed by atoms with E-state index in [-0.39, 0.29) is 5.25 Å². The third-order valence-corrected chi connectivity index (χ3v) is 4.78. The number of hydrogen-bond donors (Lipinski definition) is 0. The maximum atomic E-state index is 6.00. The van der Waals surface area contributed by atoms with Crippen molar-refractivity contribution in [2.24, 2.45) is 7.05 Å². The van der Waals surface area contributed by atoms with Crippen molar-refractivity contribution in [2.45, 2.75) is 10.4 Å². The first-order valence-corrected chi connectivity index (χ1v) is 7.81. The average molecular weight is 316 g/mol. The van der Waals surface area contributed by atoms with Gasteiger partial charge in [-0.25, -0.2) is 0 Å². The van der Waals surface area contributed by atoms with Gasteiger partial charge in [-0.1, -0.05) is 65.8 Å². The molecule has 0 aliphatic heterocycles. The number of benzene rings is 2. The van der Waals surface area contributed by atoms with Gasteiger partial charge in [0.25, 0.3) is 0 Å². The van der Waals surface area contributed by atoms with E-state index in [4.69, 9.17) is 11.6 Å². The fraction of sp³-hybridized carbons (Fsp3) is 0.125. The average Bonchev–Trinajstić information content (AvgIpc) is 2.92. The van der Waals surface area contributed by atoms with Crippen LogP contribution in [0.15, 0.2) is 66.1 Å².